The molecule has 0 saturated heterocycles. The summed E-state index contributed by atoms with van der Waals surface area (Å²) in [5.41, 5.74) is 1.15. The summed E-state index contributed by atoms with van der Waals surface area (Å²) in [5, 5.41) is 8.99. The van der Waals surface area contributed by atoms with Gasteiger partial charge in [-0.2, -0.15) is 5.26 Å². The third-order valence-electron chi connectivity index (χ3n) is 2.44. The summed E-state index contributed by atoms with van der Waals surface area (Å²) in [6, 6.07) is 9.24. The first kappa shape index (κ1) is 13.2. The van der Waals surface area contributed by atoms with Crippen molar-refractivity contribution in [2.75, 3.05) is 11.9 Å². The molecule has 0 aliphatic carbocycles. The molecule has 3 heteroatoms. The van der Waals surface area contributed by atoms with Crippen LogP contribution in [0.3, 0.4) is 0 Å². The van der Waals surface area contributed by atoms with Crippen molar-refractivity contribution in [2.45, 2.75) is 27.2 Å². The Morgan fingerprint density at radius 3 is 2.47 bits per heavy atom. The van der Waals surface area contributed by atoms with E-state index in [0.29, 0.717) is 17.7 Å². The highest BCUT2D eigenvalue weighted by atomic mass is 16.2. The largest absolute Gasteiger partial charge is 0.314 e. The molecule has 0 bridgehead atoms. The van der Waals surface area contributed by atoms with Gasteiger partial charge in [-0.3, -0.25) is 4.79 Å². The third-order valence-corrected chi connectivity index (χ3v) is 2.44. The Hall–Kier alpha value is -1.82. The van der Waals surface area contributed by atoms with Crippen LogP contribution in [0, 0.1) is 16.7 Å². The Morgan fingerprint density at radius 2 is 1.94 bits per heavy atom. The Morgan fingerprint density at radius 1 is 1.35 bits per heavy atom. The zero-order valence-electron chi connectivity index (χ0n) is 10.8. The average molecular weight is 230 g/mol. The van der Waals surface area contributed by atoms with Crippen LogP contribution in [0.2, 0.25) is 0 Å². The molecule has 0 saturated carbocycles. The van der Waals surface area contributed by atoms with Crippen LogP contribution < -0.4 is 4.90 Å². The lowest BCUT2D eigenvalue weighted by atomic mass is 9.91. The van der Waals surface area contributed by atoms with Gasteiger partial charge < -0.3 is 4.90 Å². The van der Waals surface area contributed by atoms with E-state index in [1.807, 2.05) is 26.8 Å². The highest BCUT2D eigenvalue weighted by molar-refractivity contribution is 5.94. The number of hydrogen-bond donors (Lipinski definition) is 0. The summed E-state index contributed by atoms with van der Waals surface area (Å²) >= 11 is 0. The van der Waals surface area contributed by atoms with Gasteiger partial charge in [-0.15, -0.1) is 0 Å². The summed E-state index contributed by atoms with van der Waals surface area (Å²) in [6.45, 7) is 6.07. The number of carbonyl (C=O) groups is 1. The van der Waals surface area contributed by atoms with Crippen molar-refractivity contribution in [3.05, 3.63) is 29.8 Å². The average Bonchev–Trinajstić information content (AvgIpc) is 2.25. The number of rotatable bonds is 2. The summed E-state index contributed by atoms with van der Waals surface area (Å²) in [4.78, 5) is 13.6. The SMILES string of the molecule is CN(C(=O)CC(C)(C)C)c1ccccc1C#N. The molecule has 0 atom stereocenters. The van der Waals surface area contributed by atoms with E-state index in [9.17, 15) is 4.79 Å². The van der Waals surface area contributed by atoms with Crippen LogP contribution in [0.25, 0.3) is 0 Å². The topological polar surface area (TPSA) is 44.1 Å². The van der Waals surface area contributed by atoms with Crippen LogP contribution in [0.4, 0.5) is 5.69 Å². The van der Waals surface area contributed by atoms with E-state index in [1.54, 1.807) is 30.1 Å². The maximum absolute atomic E-state index is 12.0. The fourth-order valence-electron chi connectivity index (χ4n) is 1.57. The number of hydrogen-bond acceptors (Lipinski definition) is 2. The molecule has 0 heterocycles. The number of nitriles is 1. The smallest absolute Gasteiger partial charge is 0.227 e. The third kappa shape index (κ3) is 3.60. The van der Waals surface area contributed by atoms with Crippen LogP contribution >= 0.6 is 0 Å². The van der Waals surface area contributed by atoms with Crippen molar-refractivity contribution < 1.29 is 4.79 Å². The Kier molecular flexibility index (Phi) is 3.90. The Labute approximate surface area is 103 Å². The van der Waals surface area contributed by atoms with Crippen molar-refractivity contribution >= 4 is 11.6 Å². The van der Waals surface area contributed by atoms with E-state index in [4.69, 9.17) is 5.26 Å². The first-order valence-corrected chi connectivity index (χ1v) is 5.61. The first-order valence-electron chi connectivity index (χ1n) is 5.61. The minimum absolute atomic E-state index is 0.0280. The van der Waals surface area contributed by atoms with Crippen molar-refractivity contribution in [1.29, 1.82) is 5.26 Å². The van der Waals surface area contributed by atoms with Gasteiger partial charge in [-0.05, 0) is 17.5 Å². The van der Waals surface area contributed by atoms with Crippen LogP contribution in [0.5, 0.6) is 0 Å². The van der Waals surface area contributed by atoms with Gasteiger partial charge in [-0.25, -0.2) is 0 Å². The molecule has 3 nitrogen and oxygen atoms in total. The summed E-state index contributed by atoms with van der Waals surface area (Å²) in [7, 11) is 1.71. The van der Waals surface area contributed by atoms with E-state index in [-0.39, 0.29) is 11.3 Å². The molecule has 90 valence electrons. The van der Waals surface area contributed by atoms with Crippen molar-refractivity contribution in [2.24, 2.45) is 5.41 Å². The van der Waals surface area contributed by atoms with Crippen LogP contribution in [0.1, 0.15) is 32.8 Å². The molecule has 1 aromatic rings. The molecule has 17 heavy (non-hydrogen) atoms. The fraction of sp³-hybridized carbons (Fsp3) is 0.429. The number of para-hydroxylation sites is 1. The Balaban J connectivity index is 2.94. The molecule has 1 amide bonds. The second kappa shape index (κ2) is 5.01. The van der Waals surface area contributed by atoms with Crippen molar-refractivity contribution in [3.8, 4) is 6.07 Å². The van der Waals surface area contributed by atoms with Crippen molar-refractivity contribution in [3.63, 3.8) is 0 Å². The number of amides is 1. The van der Waals surface area contributed by atoms with E-state index in [2.05, 4.69) is 6.07 Å². The van der Waals surface area contributed by atoms with Crippen LogP contribution in [-0.2, 0) is 4.79 Å². The minimum atomic E-state index is -0.0487. The highest BCUT2D eigenvalue weighted by Crippen LogP contribution is 2.24. The predicted molar refractivity (Wildman–Crippen MR) is 68.6 cm³/mol. The number of anilines is 1. The first-order chi connectivity index (χ1) is 7.85. The quantitative estimate of drug-likeness (QED) is 0.784. The molecule has 0 aromatic heterocycles. The summed E-state index contributed by atoms with van der Waals surface area (Å²) < 4.78 is 0. The van der Waals surface area contributed by atoms with Gasteiger partial charge in [0, 0.05) is 13.5 Å². The van der Waals surface area contributed by atoms with Gasteiger partial charge in [0.1, 0.15) is 6.07 Å². The zero-order valence-corrected chi connectivity index (χ0v) is 10.8. The molecule has 0 fully saturated rings. The van der Waals surface area contributed by atoms with Crippen LogP contribution in [-0.4, -0.2) is 13.0 Å². The van der Waals surface area contributed by atoms with E-state index < -0.39 is 0 Å². The van der Waals surface area contributed by atoms with E-state index >= 15 is 0 Å². The lowest BCUT2D eigenvalue weighted by molar-refractivity contribution is -0.120. The molecular formula is C14H18N2O. The highest BCUT2D eigenvalue weighted by Gasteiger charge is 2.20. The van der Waals surface area contributed by atoms with E-state index in [1.165, 1.54) is 0 Å². The van der Waals surface area contributed by atoms with E-state index in [0.717, 1.165) is 0 Å². The normalized spacial score (nSPS) is 10.8. The number of carbonyl (C=O) groups excluding carboxylic acids is 1. The molecule has 1 rings (SSSR count). The van der Waals surface area contributed by atoms with Gasteiger partial charge >= 0.3 is 0 Å². The molecule has 0 radical (unpaired) electrons. The standard InChI is InChI=1S/C14H18N2O/c1-14(2,3)9-13(17)16(4)12-8-6-5-7-11(12)10-15/h5-8H,9H2,1-4H3. The predicted octanol–water partition coefficient (Wildman–Crippen LogP) is 2.96. The molecule has 1 aromatic carbocycles. The van der Waals surface area contributed by atoms with Gasteiger partial charge in [0.15, 0.2) is 0 Å². The second-order valence-electron chi connectivity index (χ2n) is 5.32. The fourth-order valence-corrected chi connectivity index (χ4v) is 1.57. The lowest BCUT2D eigenvalue weighted by Crippen LogP contribution is -2.30. The number of benzene rings is 1. The van der Waals surface area contributed by atoms with Crippen molar-refractivity contribution in [1.82, 2.24) is 0 Å². The molecule has 0 aliphatic heterocycles. The molecular weight excluding hydrogens is 212 g/mol. The minimum Gasteiger partial charge on any atom is -0.314 e. The van der Waals surface area contributed by atoms with Gasteiger partial charge in [0.05, 0.1) is 11.3 Å². The molecule has 0 unspecified atom stereocenters. The molecule has 0 N–H and O–H groups in total. The van der Waals surface area contributed by atoms with Gasteiger partial charge in [0.2, 0.25) is 5.91 Å². The molecule has 0 spiro atoms. The number of nitrogens with zero attached hydrogens (tertiary/aromatic N) is 2. The van der Waals surface area contributed by atoms with Gasteiger partial charge in [-0.1, -0.05) is 32.9 Å². The zero-order chi connectivity index (χ0) is 13.1. The maximum Gasteiger partial charge on any atom is 0.227 e. The lowest BCUT2D eigenvalue weighted by Gasteiger charge is -2.23. The Bertz CT molecular complexity index is 452. The van der Waals surface area contributed by atoms with Gasteiger partial charge in [0.25, 0.3) is 0 Å². The summed E-state index contributed by atoms with van der Waals surface area (Å²) in [5.74, 6) is 0.0280. The maximum atomic E-state index is 12.0. The summed E-state index contributed by atoms with van der Waals surface area (Å²) in [6.07, 6.45) is 0.462. The second-order valence-corrected chi connectivity index (χ2v) is 5.32. The van der Waals surface area contributed by atoms with Crippen LogP contribution in [0.15, 0.2) is 24.3 Å². The monoisotopic (exact) mass is 230 g/mol. The molecule has 0 aliphatic rings.